The van der Waals surface area contributed by atoms with E-state index in [0.29, 0.717) is 11.2 Å². The number of rotatable bonds is 6. The average Bonchev–Trinajstić information content (AvgIpc) is 3.35. The van der Waals surface area contributed by atoms with E-state index < -0.39 is 5.76 Å². The van der Waals surface area contributed by atoms with Gasteiger partial charge in [0.2, 0.25) is 5.89 Å². The fourth-order valence-electron chi connectivity index (χ4n) is 3.21. The van der Waals surface area contributed by atoms with Gasteiger partial charge in [-0.15, -0.1) is 5.10 Å². The van der Waals surface area contributed by atoms with Crippen molar-refractivity contribution in [1.29, 1.82) is 0 Å². The summed E-state index contributed by atoms with van der Waals surface area (Å²) >= 11 is 0. The molecule has 0 amide bonds. The number of nitrogens with one attached hydrogen (secondary N) is 1. The molecule has 0 fully saturated rings. The van der Waals surface area contributed by atoms with Gasteiger partial charge in [-0.2, -0.15) is 0 Å². The second-order valence-electron chi connectivity index (χ2n) is 6.93. The Morgan fingerprint density at radius 1 is 1.10 bits per heavy atom. The Bertz CT molecular complexity index is 1250. The molecule has 2 N–H and O–H groups in total. The highest BCUT2D eigenvalue weighted by atomic mass is 16.4. The number of benzene rings is 1. The fraction of sp³-hybridized carbons (Fsp3) is 0.316. The predicted octanol–water partition coefficient (Wildman–Crippen LogP) is 1.02. The minimum atomic E-state index is -0.681. The van der Waals surface area contributed by atoms with E-state index in [2.05, 4.69) is 20.2 Å². The average molecular weight is 396 g/mol. The van der Waals surface area contributed by atoms with E-state index in [9.17, 15) is 14.7 Å². The number of aliphatic hydroxyl groups excluding tert-OH is 1. The Balaban J connectivity index is 1.71. The second kappa shape index (κ2) is 7.47. The van der Waals surface area contributed by atoms with Crippen molar-refractivity contribution in [3.05, 3.63) is 74.8 Å². The van der Waals surface area contributed by atoms with Crippen LogP contribution in [0.3, 0.4) is 0 Å². The number of fused-ring (bicyclic) bond motifs is 1. The summed E-state index contributed by atoms with van der Waals surface area (Å²) < 4.78 is 7.96. The Kier molecular flexibility index (Phi) is 4.85. The summed E-state index contributed by atoms with van der Waals surface area (Å²) in [5.41, 5.74) is 2.42. The van der Waals surface area contributed by atoms with Crippen LogP contribution in [0, 0.1) is 0 Å². The minimum Gasteiger partial charge on any atom is -0.396 e. The number of aromatic nitrogens is 6. The largest absolute Gasteiger partial charge is 0.434 e. The van der Waals surface area contributed by atoms with Gasteiger partial charge >= 0.3 is 5.76 Å². The molecule has 0 spiro atoms. The number of hydrogen-bond acceptors (Lipinski definition) is 7. The van der Waals surface area contributed by atoms with Crippen molar-refractivity contribution >= 4 is 11.2 Å². The molecule has 2 unspecified atom stereocenters. The lowest BCUT2D eigenvalue weighted by Crippen LogP contribution is -2.24. The summed E-state index contributed by atoms with van der Waals surface area (Å²) in [4.78, 5) is 32.6. The first-order chi connectivity index (χ1) is 14.0. The molecule has 10 heteroatoms. The van der Waals surface area contributed by atoms with E-state index in [1.807, 2.05) is 38.1 Å². The van der Waals surface area contributed by atoms with Crippen molar-refractivity contribution in [1.82, 2.24) is 29.3 Å². The van der Waals surface area contributed by atoms with Gasteiger partial charge in [0.25, 0.3) is 5.56 Å². The standard InChI is InChI=1S/C19H20N6O4/c1-11(8-26)13-3-5-14(6-4-13)12(2)25-10-21-17-16(25)18(27)24(9-20-17)7-15-22-23-19(28)29-15/h3-6,9-12,26H,7-8H2,1-2H3,(H,23,28). The van der Waals surface area contributed by atoms with Crippen LogP contribution in [-0.2, 0) is 6.54 Å². The van der Waals surface area contributed by atoms with Gasteiger partial charge in [0.1, 0.15) is 12.9 Å². The summed E-state index contributed by atoms with van der Waals surface area (Å²) in [6.07, 6.45) is 2.94. The summed E-state index contributed by atoms with van der Waals surface area (Å²) in [6.45, 7) is 3.99. The van der Waals surface area contributed by atoms with Crippen LogP contribution >= 0.6 is 0 Å². The van der Waals surface area contributed by atoms with Gasteiger partial charge in [0.15, 0.2) is 11.2 Å². The molecule has 0 aliphatic carbocycles. The van der Waals surface area contributed by atoms with Crippen LogP contribution in [0.5, 0.6) is 0 Å². The van der Waals surface area contributed by atoms with Crippen molar-refractivity contribution in [2.75, 3.05) is 6.61 Å². The molecule has 1 aromatic carbocycles. The second-order valence-corrected chi connectivity index (χ2v) is 6.93. The van der Waals surface area contributed by atoms with Gasteiger partial charge < -0.3 is 14.1 Å². The Morgan fingerprint density at radius 3 is 2.45 bits per heavy atom. The summed E-state index contributed by atoms with van der Waals surface area (Å²) in [6, 6.07) is 7.74. The van der Waals surface area contributed by atoms with Crippen molar-refractivity contribution in [3.8, 4) is 0 Å². The zero-order valence-corrected chi connectivity index (χ0v) is 15.9. The first-order valence-electron chi connectivity index (χ1n) is 9.15. The SMILES string of the molecule is CC(CO)c1ccc(C(C)n2cnc3ncn(Cc4n[nH]c(=O)o4)c(=O)c32)cc1. The number of nitrogens with zero attached hydrogens (tertiary/aromatic N) is 5. The molecular weight excluding hydrogens is 376 g/mol. The lowest BCUT2D eigenvalue weighted by atomic mass is 9.99. The van der Waals surface area contributed by atoms with Gasteiger partial charge in [-0.25, -0.2) is 19.9 Å². The molecule has 3 aromatic heterocycles. The molecule has 0 saturated carbocycles. The van der Waals surface area contributed by atoms with Crippen LogP contribution in [0.4, 0.5) is 0 Å². The number of imidazole rings is 1. The van der Waals surface area contributed by atoms with Crippen molar-refractivity contribution in [2.24, 2.45) is 0 Å². The maximum Gasteiger partial charge on any atom is 0.434 e. The summed E-state index contributed by atoms with van der Waals surface area (Å²) in [5.74, 6) is -0.530. The number of aromatic amines is 1. The predicted molar refractivity (Wildman–Crippen MR) is 104 cm³/mol. The smallest absolute Gasteiger partial charge is 0.396 e. The Labute approximate surface area is 164 Å². The highest BCUT2D eigenvalue weighted by molar-refractivity contribution is 5.69. The van der Waals surface area contributed by atoms with Crippen LogP contribution in [0.2, 0.25) is 0 Å². The number of hydrogen-bond donors (Lipinski definition) is 2. The van der Waals surface area contributed by atoms with E-state index >= 15 is 0 Å². The maximum absolute atomic E-state index is 13.0. The third kappa shape index (κ3) is 3.49. The molecule has 4 aromatic rings. The Morgan fingerprint density at radius 2 is 1.79 bits per heavy atom. The molecule has 0 aliphatic heterocycles. The highest BCUT2D eigenvalue weighted by Crippen LogP contribution is 2.23. The van der Waals surface area contributed by atoms with E-state index in [4.69, 9.17) is 4.42 Å². The zero-order chi connectivity index (χ0) is 20.5. The lowest BCUT2D eigenvalue weighted by Gasteiger charge is -2.16. The topological polar surface area (TPSA) is 132 Å². The van der Waals surface area contributed by atoms with Gasteiger partial charge in [-0.3, -0.25) is 9.36 Å². The first kappa shape index (κ1) is 18.8. The van der Waals surface area contributed by atoms with Crippen LogP contribution in [-0.4, -0.2) is 41.0 Å². The van der Waals surface area contributed by atoms with E-state index in [-0.39, 0.29) is 36.6 Å². The van der Waals surface area contributed by atoms with Crippen molar-refractivity contribution in [2.45, 2.75) is 32.4 Å². The monoisotopic (exact) mass is 396 g/mol. The van der Waals surface area contributed by atoms with Gasteiger partial charge in [-0.05, 0) is 18.1 Å². The molecule has 4 rings (SSSR count). The molecule has 10 nitrogen and oxygen atoms in total. The molecular formula is C19H20N6O4. The molecule has 29 heavy (non-hydrogen) atoms. The molecule has 0 saturated heterocycles. The van der Waals surface area contributed by atoms with Gasteiger partial charge in [0, 0.05) is 12.5 Å². The first-order valence-corrected chi connectivity index (χ1v) is 9.15. The molecule has 3 heterocycles. The Hall–Kier alpha value is -3.53. The quantitative estimate of drug-likeness (QED) is 0.497. The number of H-pyrrole nitrogens is 1. The third-order valence-electron chi connectivity index (χ3n) is 5.02. The normalized spacial score (nSPS) is 13.6. The van der Waals surface area contributed by atoms with Crippen molar-refractivity contribution < 1.29 is 9.52 Å². The van der Waals surface area contributed by atoms with Crippen LogP contribution in [0.15, 0.2) is 50.9 Å². The summed E-state index contributed by atoms with van der Waals surface area (Å²) in [5, 5.41) is 15.2. The van der Waals surface area contributed by atoms with E-state index in [0.717, 1.165) is 11.1 Å². The summed E-state index contributed by atoms with van der Waals surface area (Å²) in [7, 11) is 0. The van der Waals surface area contributed by atoms with Crippen LogP contribution in [0.25, 0.3) is 11.2 Å². The number of aliphatic hydroxyl groups is 1. The van der Waals surface area contributed by atoms with Crippen molar-refractivity contribution in [3.63, 3.8) is 0 Å². The van der Waals surface area contributed by atoms with Crippen LogP contribution < -0.4 is 11.3 Å². The highest BCUT2D eigenvalue weighted by Gasteiger charge is 2.17. The third-order valence-corrected chi connectivity index (χ3v) is 5.02. The zero-order valence-electron chi connectivity index (χ0n) is 15.9. The molecule has 150 valence electrons. The molecule has 0 aliphatic rings. The molecule has 0 bridgehead atoms. The minimum absolute atomic E-state index is 0.0200. The molecule has 0 radical (unpaired) electrons. The van der Waals surface area contributed by atoms with E-state index in [1.54, 1.807) is 10.9 Å². The lowest BCUT2D eigenvalue weighted by molar-refractivity contribution is 0.273. The maximum atomic E-state index is 13.0. The van der Waals surface area contributed by atoms with Gasteiger partial charge in [0.05, 0.1) is 12.4 Å². The fourth-order valence-corrected chi connectivity index (χ4v) is 3.21. The van der Waals surface area contributed by atoms with Crippen LogP contribution in [0.1, 0.15) is 42.8 Å². The van der Waals surface area contributed by atoms with E-state index in [1.165, 1.54) is 10.9 Å². The molecule has 2 atom stereocenters. The van der Waals surface area contributed by atoms with Gasteiger partial charge in [-0.1, -0.05) is 31.2 Å².